The lowest BCUT2D eigenvalue weighted by Gasteiger charge is -2.25. The van der Waals surface area contributed by atoms with Crippen molar-refractivity contribution >= 4 is 23.0 Å². The lowest BCUT2D eigenvalue weighted by molar-refractivity contribution is -0.137. The van der Waals surface area contributed by atoms with E-state index in [2.05, 4.69) is 10.3 Å². The van der Waals surface area contributed by atoms with Gasteiger partial charge in [-0.2, -0.15) is 18.4 Å². The number of benzene rings is 2. The van der Waals surface area contributed by atoms with Crippen molar-refractivity contribution in [2.24, 2.45) is 0 Å². The first-order valence-corrected chi connectivity index (χ1v) is 9.59. The number of nitriles is 1. The fourth-order valence-electron chi connectivity index (χ4n) is 3.52. The van der Waals surface area contributed by atoms with Crippen LogP contribution >= 0.6 is 11.6 Å². The van der Waals surface area contributed by atoms with E-state index in [0.717, 1.165) is 34.5 Å². The zero-order valence-corrected chi connectivity index (χ0v) is 16.4. The average Bonchev–Trinajstić information content (AvgIpc) is 2.94. The molecular weight excluding hydrogens is 413 g/mol. The highest BCUT2D eigenvalue weighted by Gasteiger charge is 2.30. The van der Waals surface area contributed by atoms with Gasteiger partial charge in [0.15, 0.2) is 0 Å². The van der Waals surface area contributed by atoms with Crippen LogP contribution in [-0.4, -0.2) is 18.1 Å². The summed E-state index contributed by atoms with van der Waals surface area (Å²) in [4.78, 5) is 5.96. The van der Waals surface area contributed by atoms with E-state index in [0.29, 0.717) is 25.3 Å². The molecule has 0 fully saturated rings. The summed E-state index contributed by atoms with van der Waals surface area (Å²) in [7, 11) is 0. The SMILES string of the molecule is N#Cc1cc(-c2ccc3c(c2)CNCCN3c2ccc(C(F)(F)F)cc2)cc(Cl)n1. The van der Waals surface area contributed by atoms with E-state index in [1.807, 2.05) is 29.2 Å². The fraction of sp³-hybridized carbons (Fsp3) is 0.182. The van der Waals surface area contributed by atoms with E-state index in [9.17, 15) is 13.2 Å². The van der Waals surface area contributed by atoms with Gasteiger partial charge >= 0.3 is 6.18 Å². The molecule has 0 saturated carbocycles. The van der Waals surface area contributed by atoms with Crippen molar-refractivity contribution in [3.63, 3.8) is 0 Å². The van der Waals surface area contributed by atoms with Gasteiger partial charge < -0.3 is 10.2 Å². The first-order valence-electron chi connectivity index (χ1n) is 9.21. The summed E-state index contributed by atoms with van der Waals surface area (Å²) in [5.74, 6) is 0. The Bertz CT molecular complexity index is 1120. The summed E-state index contributed by atoms with van der Waals surface area (Å²) < 4.78 is 38.7. The van der Waals surface area contributed by atoms with Crippen molar-refractivity contribution < 1.29 is 13.2 Å². The van der Waals surface area contributed by atoms with Crippen LogP contribution in [0, 0.1) is 11.3 Å². The number of halogens is 4. The molecule has 4 rings (SSSR count). The largest absolute Gasteiger partial charge is 0.416 e. The zero-order valence-electron chi connectivity index (χ0n) is 15.7. The van der Waals surface area contributed by atoms with Crippen LogP contribution in [-0.2, 0) is 12.7 Å². The standard InChI is InChI=1S/C22H16ClF3N4/c23-21-11-15(10-18(12-27)29-21)14-1-6-20-16(9-14)13-28-7-8-30(20)19-4-2-17(3-5-19)22(24,25)26/h1-6,9-11,28H,7-8,13H2. The Morgan fingerprint density at radius 3 is 2.50 bits per heavy atom. The summed E-state index contributed by atoms with van der Waals surface area (Å²) in [6.45, 7) is 1.92. The normalized spacial score (nSPS) is 14.0. The van der Waals surface area contributed by atoms with Gasteiger partial charge in [-0.25, -0.2) is 4.98 Å². The first-order chi connectivity index (χ1) is 14.3. The van der Waals surface area contributed by atoms with Gasteiger partial charge in [-0.15, -0.1) is 0 Å². The van der Waals surface area contributed by atoms with Crippen molar-refractivity contribution in [1.29, 1.82) is 5.26 Å². The van der Waals surface area contributed by atoms with Gasteiger partial charge in [0.05, 0.1) is 5.56 Å². The molecule has 1 aliphatic heterocycles. The maximum atomic E-state index is 12.9. The Hall–Kier alpha value is -3.08. The minimum atomic E-state index is -4.36. The molecule has 0 atom stereocenters. The molecular formula is C22H16ClF3N4. The number of nitrogens with zero attached hydrogens (tertiary/aromatic N) is 3. The third kappa shape index (κ3) is 4.11. The Labute approximate surface area is 176 Å². The molecule has 0 radical (unpaired) electrons. The van der Waals surface area contributed by atoms with Gasteiger partial charge in [0.25, 0.3) is 0 Å². The molecule has 30 heavy (non-hydrogen) atoms. The van der Waals surface area contributed by atoms with Gasteiger partial charge in [-0.3, -0.25) is 0 Å². The molecule has 152 valence electrons. The number of rotatable bonds is 2. The maximum Gasteiger partial charge on any atom is 0.416 e. The second-order valence-corrected chi connectivity index (χ2v) is 7.28. The maximum absolute atomic E-state index is 12.9. The molecule has 1 aromatic heterocycles. The minimum absolute atomic E-state index is 0.233. The molecule has 0 unspecified atom stereocenters. The summed E-state index contributed by atoms with van der Waals surface area (Å²) in [5, 5.41) is 12.7. The molecule has 0 saturated heterocycles. The number of alkyl halides is 3. The lowest BCUT2D eigenvalue weighted by Crippen LogP contribution is -2.24. The number of fused-ring (bicyclic) bond motifs is 1. The Morgan fingerprint density at radius 2 is 1.80 bits per heavy atom. The van der Waals surface area contributed by atoms with Crippen molar-refractivity contribution in [2.45, 2.75) is 12.7 Å². The summed E-state index contributed by atoms with van der Waals surface area (Å²) >= 11 is 6.03. The smallest absolute Gasteiger partial charge is 0.340 e. The molecule has 0 aliphatic carbocycles. The number of hydrogen-bond acceptors (Lipinski definition) is 4. The monoisotopic (exact) mass is 428 g/mol. The van der Waals surface area contributed by atoms with Crippen molar-refractivity contribution in [3.05, 3.63) is 76.6 Å². The molecule has 3 aromatic rings. The van der Waals surface area contributed by atoms with Crippen LogP contribution in [0.25, 0.3) is 11.1 Å². The van der Waals surface area contributed by atoms with Crippen LogP contribution < -0.4 is 10.2 Å². The van der Waals surface area contributed by atoms with Gasteiger partial charge in [0.2, 0.25) is 0 Å². The molecule has 8 heteroatoms. The summed E-state index contributed by atoms with van der Waals surface area (Å²) in [5.41, 5.74) is 3.83. The first kappa shape index (κ1) is 20.2. The lowest BCUT2D eigenvalue weighted by atomic mass is 10.0. The number of nitrogens with one attached hydrogen (secondary N) is 1. The minimum Gasteiger partial charge on any atom is -0.340 e. The van der Waals surface area contributed by atoms with E-state index >= 15 is 0 Å². The summed E-state index contributed by atoms with van der Waals surface area (Å²) in [6, 6.07) is 16.4. The van der Waals surface area contributed by atoms with E-state index in [4.69, 9.17) is 16.9 Å². The quantitative estimate of drug-likeness (QED) is 0.545. The number of hydrogen-bond donors (Lipinski definition) is 1. The fourth-order valence-corrected chi connectivity index (χ4v) is 3.73. The van der Waals surface area contributed by atoms with Gasteiger partial charge in [-0.05, 0) is 65.2 Å². The Kier molecular flexibility index (Phi) is 5.37. The Balaban J connectivity index is 1.72. The predicted octanol–water partition coefficient (Wildman–Crippen LogP) is 5.53. The third-order valence-corrected chi connectivity index (χ3v) is 5.14. The van der Waals surface area contributed by atoms with Crippen molar-refractivity contribution in [3.8, 4) is 17.2 Å². The van der Waals surface area contributed by atoms with Crippen LogP contribution in [0.3, 0.4) is 0 Å². The third-order valence-electron chi connectivity index (χ3n) is 4.95. The van der Waals surface area contributed by atoms with E-state index in [1.165, 1.54) is 12.1 Å². The average molecular weight is 429 g/mol. The number of anilines is 2. The van der Waals surface area contributed by atoms with Crippen molar-refractivity contribution in [2.75, 3.05) is 18.0 Å². The molecule has 0 bridgehead atoms. The van der Waals surface area contributed by atoms with Crippen LogP contribution in [0.2, 0.25) is 5.15 Å². The second kappa shape index (κ2) is 7.98. The molecule has 2 heterocycles. The second-order valence-electron chi connectivity index (χ2n) is 6.89. The van der Waals surface area contributed by atoms with Gasteiger partial charge in [0.1, 0.15) is 16.9 Å². The number of aromatic nitrogens is 1. The molecule has 0 amide bonds. The van der Waals surface area contributed by atoms with E-state index in [1.54, 1.807) is 12.1 Å². The topological polar surface area (TPSA) is 52.0 Å². The molecule has 1 N–H and O–H groups in total. The molecule has 4 nitrogen and oxygen atoms in total. The molecule has 1 aliphatic rings. The van der Waals surface area contributed by atoms with Crippen LogP contribution in [0.1, 0.15) is 16.8 Å². The van der Waals surface area contributed by atoms with Crippen LogP contribution in [0.5, 0.6) is 0 Å². The van der Waals surface area contributed by atoms with Gasteiger partial charge in [0, 0.05) is 31.0 Å². The highest BCUT2D eigenvalue weighted by atomic mass is 35.5. The van der Waals surface area contributed by atoms with Gasteiger partial charge in [-0.1, -0.05) is 17.7 Å². The predicted molar refractivity (Wildman–Crippen MR) is 110 cm³/mol. The van der Waals surface area contributed by atoms with Crippen LogP contribution in [0.15, 0.2) is 54.6 Å². The molecule has 0 spiro atoms. The number of pyridine rings is 1. The zero-order chi connectivity index (χ0) is 21.3. The molecule has 2 aromatic carbocycles. The van der Waals surface area contributed by atoms with Crippen molar-refractivity contribution in [1.82, 2.24) is 10.3 Å². The van der Waals surface area contributed by atoms with E-state index in [-0.39, 0.29) is 10.8 Å². The van der Waals surface area contributed by atoms with E-state index < -0.39 is 11.7 Å². The highest BCUT2D eigenvalue weighted by molar-refractivity contribution is 6.29. The Morgan fingerprint density at radius 1 is 1.03 bits per heavy atom. The highest BCUT2D eigenvalue weighted by Crippen LogP contribution is 2.36. The van der Waals surface area contributed by atoms with Crippen LogP contribution in [0.4, 0.5) is 24.5 Å². The summed E-state index contributed by atoms with van der Waals surface area (Å²) in [6.07, 6.45) is -4.36.